The van der Waals surface area contributed by atoms with E-state index in [9.17, 15) is 0 Å². The molecule has 0 saturated carbocycles. The third-order valence-electron chi connectivity index (χ3n) is 3.97. The summed E-state index contributed by atoms with van der Waals surface area (Å²) in [4.78, 5) is 2.68. The van der Waals surface area contributed by atoms with Gasteiger partial charge in [0.05, 0.1) is 0 Å². The smallest absolute Gasteiger partial charge is 0.0197 e. The first-order valence-electron chi connectivity index (χ1n) is 6.92. The van der Waals surface area contributed by atoms with Crippen LogP contribution in [0.1, 0.15) is 32.6 Å². The quantitative estimate of drug-likeness (QED) is 0.817. The monoisotopic (exact) mass is 242 g/mol. The number of rotatable bonds is 3. The van der Waals surface area contributed by atoms with E-state index in [4.69, 9.17) is 0 Å². The summed E-state index contributed by atoms with van der Waals surface area (Å²) in [6.45, 7) is 7.50. The summed E-state index contributed by atoms with van der Waals surface area (Å²) in [7, 11) is 0. The lowest BCUT2D eigenvalue weighted by atomic mass is 9.90. The summed E-state index contributed by atoms with van der Waals surface area (Å²) < 4.78 is 0. The van der Waals surface area contributed by atoms with Crippen LogP contribution in [-0.2, 0) is 0 Å². The fraction of sp³-hybridized carbons (Fsp3) is 1.00. The van der Waals surface area contributed by atoms with Gasteiger partial charge in [0.15, 0.2) is 0 Å². The van der Waals surface area contributed by atoms with E-state index in [1.165, 1.54) is 63.4 Å². The molecule has 2 fully saturated rings. The second-order valence-electron chi connectivity index (χ2n) is 5.22. The highest BCUT2D eigenvalue weighted by Crippen LogP contribution is 2.20. The topological polar surface area (TPSA) is 15.3 Å². The zero-order chi connectivity index (χ0) is 11.2. The van der Waals surface area contributed by atoms with Crippen LogP contribution in [0, 0.1) is 5.92 Å². The van der Waals surface area contributed by atoms with Crippen LogP contribution in [-0.4, -0.2) is 48.6 Å². The van der Waals surface area contributed by atoms with Crippen LogP contribution in [0.15, 0.2) is 0 Å². The average molecular weight is 242 g/mol. The average Bonchev–Trinajstić information content (AvgIpc) is 2.58. The van der Waals surface area contributed by atoms with Crippen molar-refractivity contribution < 1.29 is 0 Å². The molecule has 16 heavy (non-hydrogen) atoms. The van der Waals surface area contributed by atoms with Crippen molar-refractivity contribution in [2.45, 2.75) is 38.6 Å². The molecule has 2 atom stereocenters. The van der Waals surface area contributed by atoms with E-state index in [0.717, 1.165) is 12.0 Å². The van der Waals surface area contributed by atoms with Gasteiger partial charge in [0.1, 0.15) is 0 Å². The van der Waals surface area contributed by atoms with Crippen molar-refractivity contribution in [3.63, 3.8) is 0 Å². The Kier molecular flexibility index (Phi) is 5.46. The van der Waals surface area contributed by atoms with E-state index in [0.29, 0.717) is 0 Å². The van der Waals surface area contributed by atoms with E-state index in [2.05, 4.69) is 28.9 Å². The van der Waals surface area contributed by atoms with Gasteiger partial charge in [-0.15, -0.1) is 0 Å². The second kappa shape index (κ2) is 6.87. The number of hydrogen-bond donors (Lipinski definition) is 1. The van der Waals surface area contributed by atoms with Crippen LogP contribution >= 0.6 is 11.8 Å². The van der Waals surface area contributed by atoms with Crippen molar-refractivity contribution in [2.24, 2.45) is 5.92 Å². The lowest BCUT2D eigenvalue weighted by molar-refractivity contribution is 0.208. The van der Waals surface area contributed by atoms with Crippen LogP contribution in [0.25, 0.3) is 0 Å². The molecule has 0 aliphatic carbocycles. The third-order valence-corrected chi connectivity index (χ3v) is 5.02. The molecule has 2 nitrogen and oxygen atoms in total. The lowest BCUT2D eigenvalue weighted by Gasteiger charge is -2.33. The van der Waals surface area contributed by atoms with Crippen molar-refractivity contribution in [1.29, 1.82) is 0 Å². The molecule has 2 saturated heterocycles. The predicted molar refractivity (Wildman–Crippen MR) is 73.2 cm³/mol. The maximum Gasteiger partial charge on any atom is 0.0197 e. The van der Waals surface area contributed by atoms with Gasteiger partial charge in [0.25, 0.3) is 0 Å². The molecule has 2 heterocycles. The molecule has 1 N–H and O–H groups in total. The largest absolute Gasteiger partial charge is 0.313 e. The molecule has 2 unspecified atom stereocenters. The van der Waals surface area contributed by atoms with Crippen LogP contribution in [0.3, 0.4) is 0 Å². The fourth-order valence-electron chi connectivity index (χ4n) is 2.90. The van der Waals surface area contributed by atoms with E-state index in [1.54, 1.807) is 0 Å². The minimum atomic E-state index is 0.766. The van der Waals surface area contributed by atoms with Gasteiger partial charge in [-0.1, -0.05) is 13.3 Å². The zero-order valence-electron chi connectivity index (χ0n) is 10.6. The van der Waals surface area contributed by atoms with Crippen LogP contribution in [0.4, 0.5) is 0 Å². The SMILES string of the molecule is CCC1CCNC(CN2CCCSCC2)C1. The van der Waals surface area contributed by atoms with Crippen molar-refractivity contribution >= 4 is 11.8 Å². The van der Waals surface area contributed by atoms with E-state index in [1.807, 2.05) is 0 Å². The molecule has 0 aromatic carbocycles. The van der Waals surface area contributed by atoms with Gasteiger partial charge < -0.3 is 10.2 Å². The Balaban J connectivity index is 1.74. The van der Waals surface area contributed by atoms with Crippen molar-refractivity contribution in [1.82, 2.24) is 10.2 Å². The summed E-state index contributed by atoms with van der Waals surface area (Å²) in [5, 5.41) is 3.70. The summed E-state index contributed by atoms with van der Waals surface area (Å²) in [5.74, 6) is 3.68. The van der Waals surface area contributed by atoms with Crippen molar-refractivity contribution in [3.05, 3.63) is 0 Å². The number of piperidine rings is 1. The molecule has 2 aliphatic heterocycles. The molecule has 0 amide bonds. The molecule has 3 heteroatoms. The van der Waals surface area contributed by atoms with Crippen LogP contribution < -0.4 is 5.32 Å². The van der Waals surface area contributed by atoms with Gasteiger partial charge in [0, 0.05) is 24.9 Å². The number of hydrogen-bond acceptors (Lipinski definition) is 3. The zero-order valence-corrected chi connectivity index (χ0v) is 11.4. The minimum Gasteiger partial charge on any atom is -0.313 e. The molecular weight excluding hydrogens is 216 g/mol. The highest BCUT2D eigenvalue weighted by atomic mass is 32.2. The summed E-state index contributed by atoms with van der Waals surface area (Å²) in [6, 6.07) is 0.766. The highest BCUT2D eigenvalue weighted by Gasteiger charge is 2.22. The standard InChI is InChI=1S/C13H26N2S/c1-2-12-4-5-14-13(10-12)11-15-6-3-8-16-9-7-15/h12-14H,2-11H2,1H3. The lowest BCUT2D eigenvalue weighted by Crippen LogP contribution is -2.46. The van der Waals surface area contributed by atoms with E-state index >= 15 is 0 Å². The first-order valence-corrected chi connectivity index (χ1v) is 8.07. The Morgan fingerprint density at radius 2 is 2.25 bits per heavy atom. The van der Waals surface area contributed by atoms with Crippen molar-refractivity contribution in [2.75, 3.05) is 37.7 Å². The molecule has 0 aromatic heterocycles. The Labute approximate surface area is 105 Å². The highest BCUT2D eigenvalue weighted by molar-refractivity contribution is 7.99. The van der Waals surface area contributed by atoms with Crippen molar-refractivity contribution in [3.8, 4) is 0 Å². The summed E-state index contributed by atoms with van der Waals surface area (Å²) >= 11 is 2.12. The Bertz CT molecular complexity index is 190. The maximum atomic E-state index is 3.70. The normalized spacial score (nSPS) is 33.6. The molecule has 94 valence electrons. The molecular formula is C13H26N2S. The number of nitrogens with zero attached hydrogens (tertiary/aromatic N) is 1. The van der Waals surface area contributed by atoms with Gasteiger partial charge in [-0.05, 0) is 44.0 Å². The number of nitrogens with one attached hydrogen (secondary N) is 1. The molecule has 0 spiro atoms. The third kappa shape index (κ3) is 3.94. The van der Waals surface area contributed by atoms with E-state index in [-0.39, 0.29) is 0 Å². The molecule has 0 aromatic rings. The number of thioether (sulfide) groups is 1. The minimum absolute atomic E-state index is 0.766. The van der Waals surface area contributed by atoms with Gasteiger partial charge in [-0.2, -0.15) is 11.8 Å². The molecule has 0 radical (unpaired) electrons. The molecule has 2 rings (SSSR count). The Morgan fingerprint density at radius 1 is 1.31 bits per heavy atom. The van der Waals surface area contributed by atoms with Crippen LogP contribution in [0.5, 0.6) is 0 Å². The first-order chi connectivity index (χ1) is 7.88. The first kappa shape index (κ1) is 12.7. The summed E-state index contributed by atoms with van der Waals surface area (Å²) in [5.41, 5.74) is 0. The van der Waals surface area contributed by atoms with E-state index < -0.39 is 0 Å². The van der Waals surface area contributed by atoms with Gasteiger partial charge in [0.2, 0.25) is 0 Å². The van der Waals surface area contributed by atoms with Gasteiger partial charge in [-0.3, -0.25) is 0 Å². The Hall–Kier alpha value is 0.270. The summed E-state index contributed by atoms with van der Waals surface area (Å²) in [6.07, 6.45) is 5.55. The maximum absolute atomic E-state index is 3.70. The second-order valence-corrected chi connectivity index (χ2v) is 6.44. The van der Waals surface area contributed by atoms with Gasteiger partial charge >= 0.3 is 0 Å². The fourth-order valence-corrected chi connectivity index (χ4v) is 3.82. The molecule has 2 aliphatic rings. The Morgan fingerprint density at radius 3 is 3.12 bits per heavy atom. The predicted octanol–water partition coefficient (Wildman–Crippen LogP) is 2.20. The van der Waals surface area contributed by atoms with Crippen LogP contribution in [0.2, 0.25) is 0 Å². The molecule has 0 bridgehead atoms. The van der Waals surface area contributed by atoms with Gasteiger partial charge in [-0.25, -0.2) is 0 Å².